The Hall–Kier alpha value is -3.27. The molecule has 0 aliphatic heterocycles. The number of hydrazone groups is 1. The highest BCUT2D eigenvalue weighted by molar-refractivity contribution is 7.92. The number of nitrogens with zero attached hydrogens (tertiary/aromatic N) is 2. The number of carbonyl (C=O) groups is 1. The molecule has 0 aliphatic rings. The summed E-state index contributed by atoms with van der Waals surface area (Å²) >= 11 is 12.1. The van der Waals surface area contributed by atoms with Crippen LogP contribution in [0.1, 0.15) is 5.56 Å². The van der Waals surface area contributed by atoms with E-state index in [0.717, 1.165) is 4.31 Å². The molecular weight excluding hydrogens is 501 g/mol. The summed E-state index contributed by atoms with van der Waals surface area (Å²) in [6.45, 7) is -0.554. The summed E-state index contributed by atoms with van der Waals surface area (Å²) in [5.41, 5.74) is 3.07. The number of nitrogens with one attached hydrogen (secondary N) is 1. The maximum atomic E-state index is 13.3. The lowest BCUT2D eigenvalue weighted by atomic mass is 10.2. The predicted octanol–water partition coefficient (Wildman–Crippen LogP) is 4.36. The molecule has 0 fully saturated rings. The Labute approximate surface area is 207 Å². The van der Waals surface area contributed by atoms with E-state index in [0.29, 0.717) is 17.1 Å². The number of methoxy groups -OCH3 is 2. The lowest BCUT2D eigenvalue weighted by Crippen LogP contribution is -2.39. The van der Waals surface area contributed by atoms with Crippen molar-refractivity contribution in [2.45, 2.75) is 4.90 Å². The lowest BCUT2D eigenvalue weighted by Gasteiger charge is -2.24. The minimum atomic E-state index is -4.09. The molecule has 3 aromatic carbocycles. The molecule has 0 saturated carbocycles. The van der Waals surface area contributed by atoms with Crippen molar-refractivity contribution in [3.8, 4) is 11.5 Å². The van der Waals surface area contributed by atoms with Crippen molar-refractivity contribution in [3.63, 3.8) is 0 Å². The number of halogens is 2. The van der Waals surface area contributed by atoms with Gasteiger partial charge in [0.1, 0.15) is 6.54 Å². The Morgan fingerprint density at radius 2 is 1.74 bits per heavy atom. The maximum Gasteiger partial charge on any atom is 0.264 e. The molecule has 0 unspecified atom stereocenters. The SMILES string of the molecule is COc1cccc(/C=N/NC(=O)CN(c2ccc(Cl)c(Cl)c2)S(=O)(=O)c2ccccc2)c1OC. The molecule has 0 radical (unpaired) electrons. The van der Waals surface area contributed by atoms with Crippen LogP contribution in [-0.4, -0.2) is 41.3 Å². The fourth-order valence-corrected chi connectivity index (χ4v) is 4.75. The van der Waals surface area contributed by atoms with Crippen LogP contribution < -0.4 is 19.2 Å². The molecule has 8 nitrogen and oxygen atoms in total. The summed E-state index contributed by atoms with van der Waals surface area (Å²) in [5, 5.41) is 4.33. The van der Waals surface area contributed by atoms with E-state index >= 15 is 0 Å². The predicted molar refractivity (Wildman–Crippen MR) is 133 cm³/mol. The van der Waals surface area contributed by atoms with Crippen LogP contribution in [0.5, 0.6) is 11.5 Å². The Balaban J connectivity index is 1.86. The number of hydrogen-bond donors (Lipinski definition) is 1. The van der Waals surface area contributed by atoms with Crippen molar-refractivity contribution < 1.29 is 22.7 Å². The largest absolute Gasteiger partial charge is 0.493 e. The molecule has 0 atom stereocenters. The second kappa shape index (κ2) is 11.2. The van der Waals surface area contributed by atoms with Crippen LogP contribution in [0.4, 0.5) is 5.69 Å². The minimum absolute atomic E-state index is 0.0125. The van der Waals surface area contributed by atoms with Gasteiger partial charge in [-0.25, -0.2) is 13.8 Å². The molecule has 11 heteroatoms. The molecule has 3 aromatic rings. The molecule has 34 heavy (non-hydrogen) atoms. The number of carbonyl (C=O) groups excluding carboxylic acids is 1. The highest BCUT2D eigenvalue weighted by atomic mass is 35.5. The second-order valence-electron chi connectivity index (χ2n) is 6.80. The third-order valence-corrected chi connectivity index (χ3v) is 7.16. The number of amides is 1. The quantitative estimate of drug-likeness (QED) is 0.333. The van der Waals surface area contributed by atoms with Crippen molar-refractivity contribution in [3.05, 3.63) is 82.3 Å². The molecule has 3 rings (SSSR count). The van der Waals surface area contributed by atoms with E-state index in [1.165, 1.54) is 50.8 Å². The second-order valence-corrected chi connectivity index (χ2v) is 9.48. The van der Waals surface area contributed by atoms with Gasteiger partial charge < -0.3 is 9.47 Å². The van der Waals surface area contributed by atoms with Crippen LogP contribution in [0.25, 0.3) is 0 Å². The fourth-order valence-electron chi connectivity index (χ4n) is 3.03. The van der Waals surface area contributed by atoms with Gasteiger partial charge in [-0.05, 0) is 42.5 Å². The van der Waals surface area contributed by atoms with E-state index in [9.17, 15) is 13.2 Å². The van der Waals surface area contributed by atoms with Gasteiger partial charge in [-0.2, -0.15) is 5.10 Å². The number of anilines is 1. The Morgan fingerprint density at radius 3 is 2.38 bits per heavy atom. The first-order valence-corrected chi connectivity index (χ1v) is 12.0. The monoisotopic (exact) mass is 521 g/mol. The summed E-state index contributed by atoms with van der Waals surface area (Å²) in [6.07, 6.45) is 1.37. The number of rotatable bonds is 9. The minimum Gasteiger partial charge on any atom is -0.493 e. The summed E-state index contributed by atoms with van der Waals surface area (Å²) < 4.78 is 38.1. The van der Waals surface area contributed by atoms with Crippen molar-refractivity contribution in [2.24, 2.45) is 5.10 Å². The van der Waals surface area contributed by atoms with Gasteiger partial charge in [-0.1, -0.05) is 47.5 Å². The summed E-state index contributed by atoms with van der Waals surface area (Å²) in [5.74, 6) is 0.258. The Kier molecular flexibility index (Phi) is 8.38. The number of hydrogen-bond acceptors (Lipinski definition) is 6. The molecular formula is C23H21Cl2N3O5S. The first-order valence-electron chi connectivity index (χ1n) is 9.83. The van der Waals surface area contributed by atoms with E-state index in [1.54, 1.807) is 36.4 Å². The maximum absolute atomic E-state index is 13.3. The van der Waals surface area contributed by atoms with Gasteiger partial charge in [-0.15, -0.1) is 0 Å². The lowest BCUT2D eigenvalue weighted by molar-refractivity contribution is -0.119. The van der Waals surface area contributed by atoms with Crippen molar-refractivity contribution in [1.82, 2.24) is 5.43 Å². The zero-order valence-corrected chi connectivity index (χ0v) is 20.6. The molecule has 1 amide bonds. The van der Waals surface area contributed by atoms with E-state index < -0.39 is 22.5 Å². The molecule has 0 aliphatic carbocycles. The Bertz CT molecular complexity index is 1300. The van der Waals surface area contributed by atoms with E-state index in [-0.39, 0.29) is 20.6 Å². The van der Waals surface area contributed by atoms with Crippen LogP contribution >= 0.6 is 23.2 Å². The van der Waals surface area contributed by atoms with E-state index in [4.69, 9.17) is 32.7 Å². The molecule has 0 spiro atoms. The number of benzene rings is 3. The Morgan fingerprint density at radius 1 is 1.00 bits per heavy atom. The number of ether oxygens (including phenoxy) is 2. The van der Waals surface area contributed by atoms with Gasteiger partial charge in [0.25, 0.3) is 15.9 Å². The normalized spacial score (nSPS) is 11.3. The highest BCUT2D eigenvalue weighted by Crippen LogP contribution is 2.31. The summed E-state index contributed by atoms with van der Waals surface area (Å²) in [4.78, 5) is 12.7. The van der Waals surface area contributed by atoms with Gasteiger partial charge in [0.15, 0.2) is 11.5 Å². The van der Waals surface area contributed by atoms with Crippen LogP contribution in [0.3, 0.4) is 0 Å². The molecule has 178 valence electrons. The highest BCUT2D eigenvalue weighted by Gasteiger charge is 2.27. The van der Waals surface area contributed by atoms with E-state index in [1.807, 2.05) is 0 Å². The molecule has 1 N–H and O–H groups in total. The molecule has 0 saturated heterocycles. The fraction of sp³-hybridized carbons (Fsp3) is 0.130. The van der Waals surface area contributed by atoms with Gasteiger partial charge in [0, 0.05) is 5.56 Å². The van der Waals surface area contributed by atoms with Gasteiger partial charge in [0.2, 0.25) is 0 Å². The third kappa shape index (κ3) is 5.80. The molecule has 0 aromatic heterocycles. The van der Waals surface area contributed by atoms with E-state index in [2.05, 4.69) is 10.5 Å². The average Bonchev–Trinajstić information content (AvgIpc) is 2.84. The van der Waals surface area contributed by atoms with Gasteiger partial charge in [0.05, 0.1) is 41.1 Å². The van der Waals surface area contributed by atoms with Crippen LogP contribution in [0, 0.1) is 0 Å². The first kappa shape index (κ1) is 25.4. The van der Waals surface area contributed by atoms with Crippen molar-refractivity contribution >= 4 is 51.0 Å². The molecule has 0 heterocycles. The number of sulfonamides is 1. The van der Waals surface area contributed by atoms with Crippen molar-refractivity contribution in [2.75, 3.05) is 25.1 Å². The number of para-hydroxylation sites is 1. The van der Waals surface area contributed by atoms with Gasteiger partial charge >= 0.3 is 0 Å². The third-order valence-electron chi connectivity index (χ3n) is 4.64. The first-order chi connectivity index (χ1) is 16.3. The van der Waals surface area contributed by atoms with Crippen LogP contribution in [0.15, 0.2) is 76.7 Å². The zero-order chi connectivity index (χ0) is 24.7. The summed E-state index contributed by atoms with van der Waals surface area (Å²) in [6, 6.07) is 17.2. The zero-order valence-electron chi connectivity index (χ0n) is 18.2. The average molecular weight is 522 g/mol. The summed E-state index contributed by atoms with van der Waals surface area (Å²) in [7, 11) is -1.10. The van der Waals surface area contributed by atoms with Crippen molar-refractivity contribution in [1.29, 1.82) is 0 Å². The topological polar surface area (TPSA) is 97.3 Å². The van der Waals surface area contributed by atoms with Crippen LogP contribution in [0.2, 0.25) is 10.0 Å². The van der Waals surface area contributed by atoms with Gasteiger partial charge in [-0.3, -0.25) is 9.10 Å². The standard InChI is InChI=1S/C23H21Cl2N3O5S/c1-32-21-10-6-7-16(23(21)33-2)14-26-27-22(29)15-28(17-11-12-19(24)20(25)13-17)34(30,31)18-8-4-3-5-9-18/h3-14H,15H2,1-2H3,(H,27,29)/b26-14+. The molecule has 0 bridgehead atoms. The van der Waals surface area contributed by atoms with Crippen LogP contribution in [-0.2, 0) is 14.8 Å². The smallest absolute Gasteiger partial charge is 0.264 e.